The molecule has 0 N–H and O–H groups in total. The van der Waals surface area contributed by atoms with Crippen molar-refractivity contribution >= 4 is 29.1 Å². The van der Waals surface area contributed by atoms with E-state index in [2.05, 4.69) is 6.92 Å². The molecule has 1 fully saturated rings. The summed E-state index contributed by atoms with van der Waals surface area (Å²) in [6.07, 6.45) is 3.00. The van der Waals surface area contributed by atoms with E-state index >= 15 is 0 Å². The minimum absolute atomic E-state index is 0.0244. The Morgan fingerprint density at radius 2 is 2.00 bits per heavy atom. The number of carbonyl (C=O) groups excluding carboxylic acids is 1. The third-order valence-electron chi connectivity index (χ3n) is 4.87. The molecule has 150 valence electrons. The van der Waals surface area contributed by atoms with Gasteiger partial charge in [-0.1, -0.05) is 48.3 Å². The fourth-order valence-electron chi connectivity index (χ4n) is 3.20. The number of hydrogen-bond donors (Lipinski definition) is 0. The molecular formula is C22H25Cl2NO3. The lowest BCUT2D eigenvalue weighted by Crippen LogP contribution is -2.39. The predicted octanol–water partition coefficient (Wildman–Crippen LogP) is 5.14. The van der Waals surface area contributed by atoms with Crippen LogP contribution in [0.2, 0.25) is 10.0 Å². The monoisotopic (exact) mass is 421 g/mol. The number of halogens is 2. The van der Waals surface area contributed by atoms with E-state index in [0.717, 1.165) is 31.4 Å². The molecule has 2 aromatic carbocycles. The quantitative estimate of drug-likeness (QED) is 0.591. The summed E-state index contributed by atoms with van der Waals surface area (Å²) in [6.45, 7) is 3.74. The average molecular weight is 422 g/mol. The van der Waals surface area contributed by atoms with Crippen LogP contribution in [0.4, 0.5) is 0 Å². The molecule has 1 amide bonds. The van der Waals surface area contributed by atoms with Crippen molar-refractivity contribution in [3.05, 3.63) is 63.6 Å². The lowest BCUT2D eigenvalue weighted by molar-refractivity contribution is -0.135. The van der Waals surface area contributed by atoms with Crippen molar-refractivity contribution in [2.24, 2.45) is 0 Å². The van der Waals surface area contributed by atoms with Crippen LogP contribution in [0.3, 0.4) is 0 Å². The molecule has 1 saturated heterocycles. The highest BCUT2D eigenvalue weighted by atomic mass is 35.5. The van der Waals surface area contributed by atoms with Gasteiger partial charge in [0.15, 0.2) is 6.61 Å². The van der Waals surface area contributed by atoms with Crippen LogP contribution < -0.4 is 4.74 Å². The minimum atomic E-state index is -0.0962. The van der Waals surface area contributed by atoms with Crippen molar-refractivity contribution < 1.29 is 14.3 Å². The number of hydrogen-bond acceptors (Lipinski definition) is 3. The highest BCUT2D eigenvalue weighted by molar-refractivity contribution is 6.35. The molecule has 1 atom stereocenters. The van der Waals surface area contributed by atoms with Gasteiger partial charge in [-0.15, -0.1) is 0 Å². The van der Waals surface area contributed by atoms with Crippen LogP contribution in [0.15, 0.2) is 42.5 Å². The zero-order valence-electron chi connectivity index (χ0n) is 16.0. The van der Waals surface area contributed by atoms with E-state index in [0.29, 0.717) is 28.9 Å². The molecule has 1 heterocycles. The van der Waals surface area contributed by atoms with Crippen molar-refractivity contribution in [3.8, 4) is 5.75 Å². The second-order valence-corrected chi connectivity index (χ2v) is 7.77. The summed E-state index contributed by atoms with van der Waals surface area (Å²) >= 11 is 12.3. The Hall–Kier alpha value is -1.75. The van der Waals surface area contributed by atoms with Gasteiger partial charge < -0.3 is 14.4 Å². The highest BCUT2D eigenvalue weighted by Crippen LogP contribution is 2.23. The molecule has 4 nitrogen and oxygen atoms in total. The molecule has 1 aliphatic heterocycles. The van der Waals surface area contributed by atoms with Crippen LogP contribution in [0, 0.1) is 0 Å². The van der Waals surface area contributed by atoms with Crippen LogP contribution in [0.25, 0.3) is 0 Å². The second-order valence-electron chi connectivity index (χ2n) is 6.93. The van der Waals surface area contributed by atoms with Crippen molar-refractivity contribution in [3.63, 3.8) is 0 Å². The van der Waals surface area contributed by atoms with Gasteiger partial charge in [-0.05, 0) is 54.7 Å². The van der Waals surface area contributed by atoms with Crippen LogP contribution >= 0.6 is 23.2 Å². The van der Waals surface area contributed by atoms with E-state index in [9.17, 15) is 4.79 Å². The Bertz CT molecular complexity index is 789. The van der Waals surface area contributed by atoms with Crippen LogP contribution in [0.5, 0.6) is 5.75 Å². The zero-order chi connectivity index (χ0) is 19.9. The van der Waals surface area contributed by atoms with E-state index in [1.165, 1.54) is 5.56 Å². The second kappa shape index (κ2) is 10.1. The third kappa shape index (κ3) is 5.87. The van der Waals surface area contributed by atoms with E-state index in [1.807, 2.05) is 30.3 Å². The van der Waals surface area contributed by atoms with Gasteiger partial charge in [-0.25, -0.2) is 0 Å². The van der Waals surface area contributed by atoms with Gasteiger partial charge in [0.05, 0.1) is 6.10 Å². The van der Waals surface area contributed by atoms with Crippen LogP contribution in [-0.2, 0) is 22.5 Å². The first-order chi connectivity index (χ1) is 13.5. The third-order valence-corrected chi connectivity index (χ3v) is 5.46. The number of rotatable bonds is 8. The van der Waals surface area contributed by atoms with Gasteiger partial charge >= 0.3 is 0 Å². The minimum Gasteiger partial charge on any atom is -0.484 e. The summed E-state index contributed by atoms with van der Waals surface area (Å²) in [5, 5.41) is 1.12. The van der Waals surface area contributed by atoms with Gasteiger partial charge in [0.2, 0.25) is 0 Å². The number of nitrogens with zero attached hydrogens (tertiary/aromatic N) is 1. The molecule has 0 aliphatic carbocycles. The Labute approximate surface area is 176 Å². The molecule has 0 spiro atoms. The van der Waals surface area contributed by atoms with Gasteiger partial charge in [0, 0.05) is 29.7 Å². The first-order valence-corrected chi connectivity index (χ1v) is 10.4. The zero-order valence-corrected chi connectivity index (χ0v) is 17.5. The Morgan fingerprint density at radius 1 is 1.21 bits per heavy atom. The number of carbonyl (C=O) groups is 1. The van der Waals surface area contributed by atoms with E-state index in [-0.39, 0.29) is 18.6 Å². The number of amides is 1. The summed E-state index contributed by atoms with van der Waals surface area (Å²) in [6, 6.07) is 13.1. The van der Waals surface area contributed by atoms with Gasteiger partial charge in [0.1, 0.15) is 5.75 Å². The van der Waals surface area contributed by atoms with E-state index in [4.69, 9.17) is 32.7 Å². The lowest BCUT2D eigenvalue weighted by atomic mass is 10.1. The maximum atomic E-state index is 12.9. The molecule has 0 saturated carbocycles. The predicted molar refractivity (Wildman–Crippen MR) is 112 cm³/mol. The van der Waals surface area contributed by atoms with Crippen molar-refractivity contribution in [2.75, 3.05) is 19.8 Å². The van der Waals surface area contributed by atoms with Gasteiger partial charge in [-0.3, -0.25) is 4.79 Å². The summed E-state index contributed by atoms with van der Waals surface area (Å²) in [5.41, 5.74) is 2.08. The Balaban J connectivity index is 1.66. The van der Waals surface area contributed by atoms with Gasteiger partial charge in [0.25, 0.3) is 5.91 Å². The van der Waals surface area contributed by atoms with Crippen molar-refractivity contribution in [2.45, 2.75) is 38.8 Å². The van der Waals surface area contributed by atoms with Crippen LogP contribution in [0.1, 0.15) is 30.9 Å². The van der Waals surface area contributed by atoms with E-state index in [1.54, 1.807) is 17.0 Å². The molecule has 0 unspecified atom stereocenters. The lowest BCUT2D eigenvalue weighted by Gasteiger charge is -2.26. The first kappa shape index (κ1) is 21.0. The topological polar surface area (TPSA) is 38.8 Å². The molecule has 1 aliphatic rings. The molecule has 2 aromatic rings. The fraction of sp³-hybridized carbons (Fsp3) is 0.409. The number of ether oxygens (including phenoxy) is 2. The van der Waals surface area contributed by atoms with E-state index < -0.39 is 0 Å². The molecule has 0 radical (unpaired) electrons. The Kier molecular flexibility index (Phi) is 7.60. The van der Waals surface area contributed by atoms with Crippen molar-refractivity contribution in [1.29, 1.82) is 0 Å². The van der Waals surface area contributed by atoms with Crippen LogP contribution in [-0.4, -0.2) is 36.7 Å². The van der Waals surface area contributed by atoms with Gasteiger partial charge in [-0.2, -0.15) is 0 Å². The number of aryl methyl sites for hydroxylation is 1. The molecule has 6 heteroatoms. The highest BCUT2D eigenvalue weighted by Gasteiger charge is 2.23. The Morgan fingerprint density at radius 3 is 2.64 bits per heavy atom. The normalized spacial score (nSPS) is 16.2. The summed E-state index contributed by atoms with van der Waals surface area (Å²) in [7, 11) is 0. The molecule has 28 heavy (non-hydrogen) atoms. The summed E-state index contributed by atoms with van der Waals surface area (Å²) in [5.74, 6) is 0.591. The average Bonchev–Trinajstić information content (AvgIpc) is 3.21. The van der Waals surface area contributed by atoms with Crippen molar-refractivity contribution in [1.82, 2.24) is 4.90 Å². The molecule has 3 rings (SSSR count). The molecule has 0 aromatic heterocycles. The SMILES string of the molecule is CCc1ccc(OCC(=O)N(Cc2ccc(Cl)cc2Cl)C[C@@H]2CCCO2)cc1. The largest absolute Gasteiger partial charge is 0.484 e. The maximum Gasteiger partial charge on any atom is 0.260 e. The maximum absolute atomic E-state index is 12.9. The standard InChI is InChI=1S/C22H25Cl2NO3/c1-2-16-5-9-19(10-6-16)28-15-22(26)25(14-20-4-3-11-27-20)13-17-7-8-18(23)12-21(17)24/h5-10,12,20H,2-4,11,13-15H2,1H3/t20-/m0/s1. The number of benzene rings is 2. The molecule has 0 bridgehead atoms. The fourth-order valence-corrected chi connectivity index (χ4v) is 3.67. The first-order valence-electron chi connectivity index (χ1n) is 9.60. The summed E-state index contributed by atoms with van der Waals surface area (Å²) < 4.78 is 11.4. The molecular weight excluding hydrogens is 397 g/mol. The smallest absolute Gasteiger partial charge is 0.260 e. The summed E-state index contributed by atoms with van der Waals surface area (Å²) in [4.78, 5) is 14.6.